The summed E-state index contributed by atoms with van der Waals surface area (Å²) in [6, 6.07) is 7.44. The zero-order chi connectivity index (χ0) is 16.1. The highest BCUT2D eigenvalue weighted by atomic mass is 16.5. The summed E-state index contributed by atoms with van der Waals surface area (Å²) in [5.74, 6) is 14.1. The molecule has 1 aromatic carbocycles. The first-order chi connectivity index (χ1) is 11.3. The molecule has 3 nitrogen and oxygen atoms in total. The second-order valence-electron chi connectivity index (χ2n) is 6.10. The van der Waals surface area contributed by atoms with Gasteiger partial charge < -0.3 is 4.74 Å². The first kappa shape index (κ1) is 15.5. The number of rotatable bonds is 3. The lowest BCUT2D eigenvalue weighted by Crippen LogP contribution is -2.15. The molecule has 2 aliphatic carbocycles. The number of nitrogens with one attached hydrogen (secondary N) is 1. The van der Waals surface area contributed by atoms with Crippen LogP contribution in [0.1, 0.15) is 38.2 Å². The Hall–Kier alpha value is -2.39. The molecule has 0 radical (unpaired) electrons. The fraction of sp³-hybridized carbons (Fsp3) is 0.450. The van der Waals surface area contributed by atoms with Gasteiger partial charge in [0, 0.05) is 24.1 Å². The minimum atomic E-state index is -0.380. The molecule has 0 aliphatic heterocycles. The van der Waals surface area contributed by atoms with Crippen molar-refractivity contribution in [3.63, 3.8) is 0 Å². The fourth-order valence-electron chi connectivity index (χ4n) is 3.39. The Bertz CT molecular complexity index is 666. The molecule has 3 heteroatoms. The fourth-order valence-corrected chi connectivity index (χ4v) is 3.39. The molecule has 2 aliphatic rings. The van der Waals surface area contributed by atoms with Gasteiger partial charge in [-0.3, -0.25) is 5.32 Å². The third kappa shape index (κ3) is 4.08. The summed E-state index contributed by atoms with van der Waals surface area (Å²) in [5, 5.41) is 2.77. The molecule has 1 aromatic rings. The highest BCUT2D eigenvalue weighted by Crippen LogP contribution is 2.52. The number of carbonyl (C=O) groups excluding carboxylic acids is 1. The van der Waals surface area contributed by atoms with Gasteiger partial charge in [0.25, 0.3) is 0 Å². The molecule has 118 valence electrons. The van der Waals surface area contributed by atoms with E-state index in [0.29, 0.717) is 24.4 Å². The van der Waals surface area contributed by atoms with Crippen LogP contribution in [0.15, 0.2) is 24.3 Å². The average molecular weight is 307 g/mol. The lowest BCUT2D eigenvalue weighted by Gasteiger charge is -2.07. The van der Waals surface area contributed by atoms with E-state index in [0.717, 1.165) is 36.9 Å². The maximum Gasteiger partial charge on any atom is 0.411 e. The van der Waals surface area contributed by atoms with Gasteiger partial charge in [-0.2, -0.15) is 0 Å². The summed E-state index contributed by atoms with van der Waals surface area (Å²) in [5.41, 5.74) is 1.66. The largest absolute Gasteiger partial charge is 0.449 e. The zero-order valence-corrected chi connectivity index (χ0v) is 13.4. The van der Waals surface area contributed by atoms with Crippen LogP contribution in [0.3, 0.4) is 0 Å². The van der Waals surface area contributed by atoms with Crippen LogP contribution in [0.4, 0.5) is 10.5 Å². The highest BCUT2D eigenvalue weighted by molar-refractivity contribution is 5.84. The van der Waals surface area contributed by atoms with E-state index in [-0.39, 0.29) is 6.09 Å². The topological polar surface area (TPSA) is 38.3 Å². The van der Waals surface area contributed by atoms with Gasteiger partial charge in [0.05, 0.1) is 6.61 Å². The number of amides is 1. The Morgan fingerprint density at radius 1 is 1.22 bits per heavy atom. The van der Waals surface area contributed by atoms with Crippen LogP contribution < -0.4 is 5.32 Å². The van der Waals surface area contributed by atoms with E-state index in [1.165, 1.54) is 0 Å². The van der Waals surface area contributed by atoms with E-state index >= 15 is 0 Å². The molecular formula is C20H21NO2. The Morgan fingerprint density at radius 3 is 2.48 bits per heavy atom. The molecule has 0 aromatic heterocycles. The quantitative estimate of drug-likeness (QED) is 0.856. The summed E-state index contributed by atoms with van der Waals surface area (Å²) in [6.07, 6.45) is 3.88. The minimum absolute atomic E-state index is 0.380. The third-order valence-corrected chi connectivity index (χ3v) is 4.65. The number of ether oxygens (including phenoxy) is 1. The molecule has 23 heavy (non-hydrogen) atoms. The SMILES string of the molecule is CC#Cc1ccc(NC(=O)OCC2C3CCC#CCCC32)cc1. The van der Waals surface area contributed by atoms with E-state index < -0.39 is 0 Å². The van der Waals surface area contributed by atoms with Crippen LogP contribution in [-0.4, -0.2) is 12.7 Å². The van der Waals surface area contributed by atoms with Crippen molar-refractivity contribution in [3.8, 4) is 23.7 Å². The molecule has 0 saturated heterocycles. The monoisotopic (exact) mass is 307 g/mol. The summed E-state index contributed by atoms with van der Waals surface area (Å²) < 4.78 is 5.40. The van der Waals surface area contributed by atoms with Gasteiger partial charge in [-0.05, 0) is 61.8 Å². The maximum absolute atomic E-state index is 11.9. The van der Waals surface area contributed by atoms with Gasteiger partial charge >= 0.3 is 6.09 Å². The van der Waals surface area contributed by atoms with Crippen molar-refractivity contribution in [2.24, 2.45) is 17.8 Å². The van der Waals surface area contributed by atoms with E-state index in [1.54, 1.807) is 6.92 Å². The van der Waals surface area contributed by atoms with E-state index in [4.69, 9.17) is 4.74 Å². The van der Waals surface area contributed by atoms with Gasteiger partial charge in [0.15, 0.2) is 0 Å². The number of fused-ring (bicyclic) bond motifs is 1. The molecule has 3 rings (SSSR count). The first-order valence-electron chi connectivity index (χ1n) is 8.20. The standard InChI is InChI=1S/C20H21NO2/c1-2-7-15-10-12-16(13-11-15)21-20(22)23-14-19-17-8-5-3-4-6-9-18(17)19/h10-13,17-19H,5-6,8-9,14H2,1H3,(H,21,22). The van der Waals surface area contributed by atoms with Crippen molar-refractivity contribution in [1.29, 1.82) is 0 Å². The van der Waals surface area contributed by atoms with Crippen LogP contribution in [0.5, 0.6) is 0 Å². The number of hydrogen-bond donors (Lipinski definition) is 1. The molecule has 0 spiro atoms. The van der Waals surface area contributed by atoms with Gasteiger partial charge in [-0.15, -0.1) is 17.8 Å². The first-order valence-corrected chi connectivity index (χ1v) is 8.20. The van der Waals surface area contributed by atoms with Crippen LogP contribution in [0.25, 0.3) is 0 Å². The second kappa shape index (κ2) is 7.25. The minimum Gasteiger partial charge on any atom is -0.449 e. The zero-order valence-electron chi connectivity index (χ0n) is 13.4. The number of hydrogen-bond acceptors (Lipinski definition) is 2. The average Bonchev–Trinajstić information content (AvgIpc) is 3.17. The predicted octanol–water partition coefficient (Wildman–Crippen LogP) is 4.05. The van der Waals surface area contributed by atoms with E-state index in [2.05, 4.69) is 29.0 Å². The molecule has 2 atom stereocenters. The summed E-state index contributed by atoms with van der Waals surface area (Å²) in [7, 11) is 0. The maximum atomic E-state index is 11.9. The van der Waals surface area contributed by atoms with E-state index in [1.807, 2.05) is 24.3 Å². The van der Waals surface area contributed by atoms with Crippen LogP contribution in [0, 0.1) is 41.4 Å². The van der Waals surface area contributed by atoms with Crippen LogP contribution >= 0.6 is 0 Å². The number of anilines is 1. The Morgan fingerprint density at radius 2 is 1.87 bits per heavy atom. The van der Waals surface area contributed by atoms with Crippen molar-refractivity contribution in [2.75, 3.05) is 11.9 Å². The van der Waals surface area contributed by atoms with Gasteiger partial charge in [0.1, 0.15) is 0 Å². The Labute approximate surface area is 137 Å². The predicted molar refractivity (Wildman–Crippen MR) is 90.7 cm³/mol. The smallest absolute Gasteiger partial charge is 0.411 e. The normalized spacial score (nSPS) is 24.5. The molecule has 0 bridgehead atoms. The molecule has 1 N–H and O–H groups in total. The second-order valence-corrected chi connectivity index (χ2v) is 6.10. The molecular weight excluding hydrogens is 286 g/mol. The van der Waals surface area contributed by atoms with Crippen LogP contribution in [-0.2, 0) is 4.74 Å². The number of carbonyl (C=O) groups is 1. The molecule has 1 amide bonds. The van der Waals surface area contributed by atoms with Crippen molar-refractivity contribution in [1.82, 2.24) is 0 Å². The van der Waals surface area contributed by atoms with Gasteiger partial charge in [-0.1, -0.05) is 5.92 Å². The Balaban J connectivity index is 1.44. The summed E-state index contributed by atoms with van der Waals surface area (Å²) in [4.78, 5) is 11.9. The molecule has 1 fully saturated rings. The lowest BCUT2D eigenvalue weighted by atomic mass is 10.1. The van der Waals surface area contributed by atoms with Gasteiger partial charge in [0.2, 0.25) is 0 Å². The molecule has 2 unspecified atom stereocenters. The van der Waals surface area contributed by atoms with Gasteiger partial charge in [-0.25, -0.2) is 4.79 Å². The summed E-state index contributed by atoms with van der Waals surface area (Å²) >= 11 is 0. The molecule has 0 heterocycles. The Kier molecular flexibility index (Phi) is 4.89. The van der Waals surface area contributed by atoms with Crippen molar-refractivity contribution in [3.05, 3.63) is 29.8 Å². The number of benzene rings is 1. The van der Waals surface area contributed by atoms with Crippen molar-refractivity contribution < 1.29 is 9.53 Å². The lowest BCUT2D eigenvalue weighted by molar-refractivity contribution is 0.152. The van der Waals surface area contributed by atoms with Crippen LogP contribution in [0.2, 0.25) is 0 Å². The molecule has 1 saturated carbocycles. The van der Waals surface area contributed by atoms with Crippen molar-refractivity contribution >= 4 is 11.8 Å². The third-order valence-electron chi connectivity index (χ3n) is 4.65. The highest BCUT2D eigenvalue weighted by Gasteiger charge is 2.49. The van der Waals surface area contributed by atoms with E-state index in [9.17, 15) is 4.79 Å². The summed E-state index contributed by atoms with van der Waals surface area (Å²) in [6.45, 7) is 2.32. The van der Waals surface area contributed by atoms with Crippen molar-refractivity contribution in [2.45, 2.75) is 32.6 Å².